The third-order valence-corrected chi connectivity index (χ3v) is 3.82. The highest BCUT2D eigenvalue weighted by atomic mass is 19.4. The normalized spacial score (nSPS) is 11.1. The van der Waals surface area contributed by atoms with Crippen molar-refractivity contribution in [3.63, 3.8) is 0 Å². The van der Waals surface area contributed by atoms with Crippen LogP contribution < -0.4 is 10.1 Å². The summed E-state index contributed by atoms with van der Waals surface area (Å²) in [6, 6.07) is 14.0. The quantitative estimate of drug-likeness (QED) is 0.470. The zero-order chi connectivity index (χ0) is 22.0. The van der Waals surface area contributed by atoms with Crippen molar-refractivity contribution in [3.05, 3.63) is 54.4 Å². The van der Waals surface area contributed by atoms with Gasteiger partial charge in [-0.15, -0.1) is 0 Å². The summed E-state index contributed by atoms with van der Waals surface area (Å²) in [7, 11) is 1.73. The number of halogens is 3. The molecule has 7 nitrogen and oxygen atoms in total. The number of aliphatic carboxylic acids is 1. The fourth-order valence-electron chi connectivity index (χ4n) is 2.36. The van der Waals surface area contributed by atoms with E-state index < -0.39 is 12.1 Å². The van der Waals surface area contributed by atoms with Crippen LogP contribution >= 0.6 is 0 Å². The van der Waals surface area contributed by atoms with Crippen LogP contribution in [0, 0.1) is 0 Å². The minimum Gasteiger partial charge on any atom is -0.475 e. The minimum absolute atomic E-state index is 0.792. The number of rotatable bonds is 8. The van der Waals surface area contributed by atoms with Crippen molar-refractivity contribution in [2.45, 2.75) is 19.1 Å². The number of hydrogen-bond donors (Lipinski definition) is 3. The number of hydrogen-bond acceptors (Lipinski definition) is 5. The number of methoxy groups -OCH3 is 1. The van der Waals surface area contributed by atoms with E-state index >= 15 is 0 Å². The number of imidazole rings is 1. The Kier molecular flexibility index (Phi) is 8.63. The summed E-state index contributed by atoms with van der Waals surface area (Å²) in [5, 5.41) is 10.5. The molecule has 2 aromatic carbocycles. The van der Waals surface area contributed by atoms with Crippen molar-refractivity contribution in [3.8, 4) is 11.5 Å². The van der Waals surface area contributed by atoms with Gasteiger partial charge < -0.3 is 24.9 Å². The second-order valence-corrected chi connectivity index (χ2v) is 6.15. The summed E-state index contributed by atoms with van der Waals surface area (Å²) in [6.07, 6.45) is -2.38. The number of benzene rings is 2. The Morgan fingerprint density at radius 1 is 1.17 bits per heavy atom. The topological polar surface area (TPSA) is 96.5 Å². The first-order valence-corrected chi connectivity index (χ1v) is 8.99. The minimum atomic E-state index is -5.08. The summed E-state index contributed by atoms with van der Waals surface area (Å²) < 4.78 is 42.6. The number of nitrogens with zero attached hydrogens (tertiary/aromatic N) is 1. The van der Waals surface area contributed by atoms with Gasteiger partial charge in [-0.3, -0.25) is 0 Å². The van der Waals surface area contributed by atoms with Gasteiger partial charge in [0.05, 0.1) is 17.4 Å². The number of alkyl halides is 3. The van der Waals surface area contributed by atoms with Crippen molar-refractivity contribution < 1.29 is 32.5 Å². The van der Waals surface area contributed by atoms with Gasteiger partial charge >= 0.3 is 12.1 Å². The molecular formula is C20H22F3N3O4. The molecule has 30 heavy (non-hydrogen) atoms. The van der Waals surface area contributed by atoms with Crippen molar-refractivity contribution in [1.29, 1.82) is 0 Å². The summed E-state index contributed by atoms with van der Waals surface area (Å²) in [5.41, 5.74) is 3.14. The lowest BCUT2D eigenvalue weighted by Gasteiger charge is -2.08. The van der Waals surface area contributed by atoms with E-state index in [0.29, 0.717) is 0 Å². The van der Waals surface area contributed by atoms with Gasteiger partial charge in [0.1, 0.15) is 11.5 Å². The monoisotopic (exact) mass is 425 g/mol. The number of ether oxygens (including phenoxy) is 2. The molecule has 0 atom stereocenters. The Bertz CT molecular complexity index is 927. The van der Waals surface area contributed by atoms with Gasteiger partial charge in [-0.2, -0.15) is 13.2 Å². The number of H-pyrrole nitrogens is 1. The molecule has 0 saturated heterocycles. The van der Waals surface area contributed by atoms with E-state index in [9.17, 15) is 13.2 Å². The lowest BCUT2D eigenvalue weighted by Crippen LogP contribution is -2.21. The molecule has 0 saturated carbocycles. The fourth-order valence-corrected chi connectivity index (χ4v) is 2.36. The molecule has 3 rings (SSSR count). The molecule has 0 fully saturated rings. The van der Waals surface area contributed by atoms with E-state index in [-0.39, 0.29) is 0 Å². The lowest BCUT2D eigenvalue weighted by molar-refractivity contribution is -0.192. The average Bonchev–Trinajstić information content (AvgIpc) is 3.17. The van der Waals surface area contributed by atoms with Crippen LogP contribution in [0.4, 0.5) is 13.2 Å². The molecule has 0 aliphatic carbocycles. The molecule has 0 radical (unpaired) electrons. The number of carbonyl (C=O) groups is 1. The maximum Gasteiger partial charge on any atom is 0.490 e. The van der Waals surface area contributed by atoms with Crippen molar-refractivity contribution in [2.24, 2.45) is 0 Å². The number of carboxylic acids is 1. The molecule has 0 spiro atoms. The largest absolute Gasteiger partial charge is 0.490 e. The highest BCUT2D eigenvalue weighted by Gasteiger charge is 2.38. The standard InChI is InChI=1S/C18H21N3O2.C2HF3O2/c1-22-10-2-9-19-12-14-3-5-15(6-4-14)23-16-7-8-17-18(11-16)21-13-20-17;3-2(4,5)1(6)7/h3-8,11,13,19H,2,9-10,12H2,1H3,(H,20,21);(H,6,7). The molecule has 0 unspecified atom stereocenters. The molecule has 0 bridgehead atoms. The van der Waals surface area contributed by atoms with Crippen LogP contribution in [-0.2, 0) is 16.1 Å². The van der Waals surface area contributed by atoms with Crippen LogP contribution in [0.1, 0.15) is 12.0 Å². The lowest BCUT2D eigenvalue weighted by atomic mass is 10.2. The molecule has 10 heteroatoms. The van der Waals surface area contributed by atoms with Gasteiger partial charge in [0.15, 0.2) is 0 Å². The van der Waals surface area contributed by atoms with Gasteiger partial charge in [0.2, 0.25) is 0 Å². The molecular weight excluding hydrogens is 403 g/mol. The number of fused-ring (bicyclic) bond motifs is 1. The summed E-state index contributed by atoms with van der Waals surface area (Å²) in [5.74, 6) is -1.13. The van der Waals surface area contributed by atoms with E-state index in [1.165, 1.54) is 5.56 Å². The van der Waals surface area contributed by atoms with E-state index in [2.05, 4.69) is 27.4 Å². The summed E-state index contributed by atoms with van der Waals surface area (Å²) in [4.78, 5) is 16.2. The van der Waals surface area contributed by atoms with Crippen molar-refractivity contribution in [1.82, 2.24) is 15.3 Å². The SMILES string of the molecule is COCCCNCc1ccc(Oc2ccc3nc[nH]c3c2)cc1.O=C(O)C(F)(F)F. The Balaban J connectivity index is 0.000000396. The van der Waals surface area contributed by atoms with Crippen LogP contribution in [0.5, 0.6) is 11.5 Å². The zero-order valence-electron chi connectivity index (χ0n) is 16.2. The molecule has 0 aliphatic heterocycles. The highest BCUT2D eigenvalue weighted by molar-refractivity contribution is 5.76. The average molecular weight is 425 g/mol. The van der Waals surface area contributed by atoms with E-state index in [4.69, 9.17) is 19.4 Å². The highest BCUT2D eigenvalue weighted by Crippen LogP contribution is 2.24. The van der Waals surface area contributed by atoms with Crippen LogP contribution in [0.25, 0.3) is 11.0 Å². The first-order valence-electron chi connectivity index (χ1n) is 8.99. The third kappa shape index (κ3) is 7.72. The van der Waals surface area contributed by atoms with Crippen LogP contribution in [0.2, 0.25) is 0 Å². The molecule has 1 aromatic heterocycles. The molecule has 162 valence electrons. The van der Waals surface area contributed by atoms with Crippen molar-refractivity contribution >= 4 is 17.0 Å². The van der Waals surface area contributed by atoms with Gasteiger partial charge in [-0.25, -0.2) is 9.78 Å². The molecule has 0 aliphatic rings. The van der Waals surface area contributed by atoms with E-state index in [0.717, 1.165) is 48.6 Å². The predicted molar refractivity (Wildman–Crippen MR) is 105 cm³/mol. The number of nitrogens with one attached hydrogen (secondary N) is 2. The first-order chi connectivity index (χ1) is 14.3. The first kappa shape index (κ1) is 23.2. The smallest absolute Gasteiger partial charge is 0.475 e. The van der Waals surface area contributed by atoms with E-state index in [1.807, 2.05) is 30.3 Å². The molecule has 0 amide bonds. The molecule has 1 heterocycles. The van der Waals surface area contributed by atoms with Gasteiger partial charge in [0, 0.05) is 26.3 Å². The second-order valence-electron chi connectivity index (χ2n) is 6.15. The number of carboxylic acid groups (broad SMARTS) is 1. The Labute approximate surface area is 170 Å². The maximum atomic E-state index is 10.6. The second kappa shape index (κ2) is 11.2. The third-order valence-electron chi connectivity index (χ3n) is 3.82. The Morgan fingerprint density at radius 3 is 2.47 bits per heavy atom. The zero-order valence-corrected chi connectivity index (χ0v) is 16.2. The van der Waals surface area contributed by atoms with Crippen LogP contribution in [-0.4, -0.2) is 47.5 Å². The molecule has 3 N–H and O–H groups in total. The Hall–Kier alpha value is -3.11. The number of aromatic amines is 1. The Morgan fingerprint density at radius 2 is 1.83 bits per heavy atom. The van der Waals surface area contributed by atoms with Crippen LogP contribution in [0.3, 0.4) is 0 Å². The summed E-state index contributed by atoms with van der Waals surface area (Å²) >= 11 is 0. The van der Waals surface area contributed by atoms with Gasteiger partial charge in [-0.1, -0.05) is 12.1 Å². The maximum absolute atomic E-state index is 10.6. The predicted octanol–water partition coefficient (Wildman–Crippen LogP) is 4.11. The molecule has 3 aromatic rings. The van der Waals surface area contributed by atoms with Crippen molar-refractivity contribution in [2.75, 3.05) is 20.3 Å². The van der Waals surface area contributed by atoms with Crippen LogP contribution in [0.15, 0.2) is 48.8 Å². The number of aromatic nitrogens is 2. The van der Waals surface area contributed by atoms with E-state index in [1.54, 1.807) is 13.4 Å². The summed E-state index contributed by atoms with van der Waals surface area (Å²) in [6.45, 7) is 2.60. The fraction of sp³-hybridized carbons (Fsp3) is 0.300. The van der Waals surface area contributed by atoms with Gasteiger partial charge in [0.25, 0.3) is 0 Å². The van der Waals surface area contributed by atoms with Gasteiger partial charge in [-0.05, 0) is 42.8 Å².